The van der Waals surface area contributed by atoms with Crippen molar-refractivity contribution in [2.75, 3.05) is 12.8 Å². The van der Waals surface area contributed by atoms with E-state index in [1.807, 2.05) is 42.3 Å². The molecule has 0 heterocycles. The van der Waals surface area contributed by atoms with Crippen molar-refractivity contribution in [3.63, 3.8) is 0 Å². The summed E-state index contributed by atoms with van der Waals surface area (Å²) in [6.07, 6.45) is 0. The van der Waals surface area contributed by atoms with E-state index < -0.39 is 0 Å². The van der Waals surface area contributed by atoms with Gasteiger partial charge in [0.15, 0.2) is 0 Å². The molecule has 2 aromatic carbocycles. The molecule has 3 nitrogen and oxygen atoms in total. The summed E-state index contributed by atoms with van der Waals surface area (Å²) in [6.45, 7) is 1.28. The van der Waals surface area contributed by atoms with Crippen molar-refractivity contribution in [3.05, 3.63) is 65.0 Å². The molecule has 20 heavy (non-hydrogen) atoms. The van der Waals surface area contributed by atoms with Crippen LogP contribution in [0.5, 0.6) is 0 Å². The number of nitrogens with two attached hydrogens (primary N) is 1. The zero-order valence-corrected chi connectivity index (χ0v) is 11.3. The third-order valence-electron chi connectivity index (χ3n) is 2.94. The van der Waals surface area contributed by atoms with Gasteiger partial charge in [-0.25, -0.2) is 4.39 Å². The van der Waals surface area contributed by atoms with E-state index in [2.05, 4.69) is 0 Å². The van der Waals surface area contributed by atoms with E-state index >= 15 is 0 Å². The molecule has 0 unspecified atom stereocenters. The van der Waals surface area contributed by atoms with Gasteiger partial charge in [0.1, 0.15) is 5.82 Å². The number of rotatable bonds is 4. The van der Waals surface area contributed by atoms with Crippen LogP contribution in [0.1, 0.15) is 16.7 Å². The minimum atomic E-state index is -0.378. The van der Waals surface area contributed by atoms with Gasteiger partial charge in [0.25, 0.3) is 0 Å². The summed E-state index contributed by atoms with van der Waals surface area (Å²) in [5.41, 5.74) is 8.70. The van der Waals surface area contributed by atoms with Crippen LogP contribution in [-0.2, 0) is 13.1 Å². The van der Waals surface area contributed by atoms with Gasteiger partial charge < -0.3 is 5.73 Å². The number of halogens is 1. The normalized spacial score (nSPS) is 10.5. The maximum atomic E-state index is 13.4. The summed E-state index contributed by atoms with van der Waals surface area (Å²) >= 11 is 0. The van der Waals surface area contributed by atoms with Crippen molar-refractivity contribution in [1.82, 2.24) is 4.90 Å². The third-order valence-corrected chi connectivity index (χ3v) is 2.94. The van der Waals surface area contributed by atoms with Crippen LogP contribution >= 0.6 is 0 Å². The molecular weight excluding hydrogens is 253 g/mol. The van der Waals surface area contributed by atoms with Gasteiger partial charge in [-0.1, -0.05) is 12.1 Å². The summed E-state index contributed by atoms with van der Waals surface area (Å²) in [7, 11) is 1.94. The molecule has 0 aliphatic heterocycles. The Kier molecular flexibility index (Phi) is 4.34. The molecule has 102 valence electrons. The first kappa shape index (κ1) is 14.0. The molecule has 0 aliphatic carbocycles. The summed E-state index contributed by atoms with van der Waals surface area (Å²) < 4.78 is 13.4. The number of nitrogens with zero attached hydrogens (tertiary/aromatic N) is 2. The fraction of sp³-hybridized carbons (Fsp3) is 0.188. The van der Waals surface area contributed by atoms with E-state index in [4.69, 9.17) is 11.0 Å². The van der Waals surface area contributed by atoms with Crippen molar-refractivity contribution in [2.24, 2.45) is 0 Å². The van der Waals surface area contributed by atoms with E-state index in [1.54, 1.807) is 6.07 Å². The molecule has 2 rings (SSSR count). The van der Waals surface area contributed by atoms with E-state index in [0.717, 1.165) is 16.8 Å². The largest absolute Gasteiger partial charge is 0.399 e. The van der Waals surface area contributed by atoms with Gasteiger partial charge in [0, 0.05) is 18.8 Å². The molecule has 0 fully saturated rings. The summed E-state index contributed by atoms with van der Waals surface area (Å²) in [5, 5.41) is 8.84. The van der Waals surface area contributed by atoms with Gasteiger partial charge in [-0.2, -0.15) is 5.26 Å². The lowest BCUT2D eigenvalue weighted by molar-refractivity contribution is 0.318. The molecule has 0 radical (unpaired) electrons. The Morgan fingerprint density at radius 1 is 1.15 bits per heavy atom. The quantitative estimate of drug-likeness (QED) is 0.868. The lowest BCUT2D eigenvalue weighted by Crippen LogP contribution is -2.17. The van der Waals surface area contributed by atoms with Crippen LogP contribution in [0, 0.1) is 17.1 Å². The van der Waals surface area contributed by atoms with Crippen LogP contribution < -0.4 is 5.73 Å². The second-order valence-electron chi connectivity index (χ2n) is 4.88. The predicted octanol–water partition coefficient (Wildman–Crippen LogP) is 2.91. The smallest absolute Gasteiger partial charge is 0.124 e. The lowest BCUT2D eigenvalue weighted by Gasteiger charge is -2.17. The number of hydrogen-bond acceptors (Lipinski definition) is 3. The Hall–Kier alpha value is -2.38. The predicted molar refractivity (Wildman–Crippen MR) is 77.1 cm³/mol. The molecule has 0 amide bonds. The monoisotopic (exact) mass is 269 g/mol. The highest BCUT2D eigenvalue weighted by atomic mass is 19.1. The molecule has 2 N–H and O–H groups in total. The van der Waals surface area contributed by atoms with Crippen molar-refractivity contribution < 1.29 is 4.39 Å². The summed E-state index contributed by atoms with van der Waals surface area (Å²) in [4.78, 5) is 2.05. The Morgan fingerprint density at radius 2 is 1.90 bits per heavy atom. The highest BCUT2D eigenvalue weighted by Crippen LogP contribution is 2.13. The number of benzene rings is 2. The Bertz CT molecular complexity index is 646. The minimum Gasteiger partial charge on any atom is -0.399 e. The van der Waals surface area contributed by atoms with Gasteiger partial charge >= 0.3 is 0 Å². The van der Waals surface area contributed by atoms with Crippen molar-refractivity contribution in [3.8, 4) is 6.07 Å². The SMILES string of the molecule is CN(Cc1cccc(N)c1)Cc1cc(F)cc(C#N)c1. The first-order valence-corrected chi connectivity index (χ1v) is 6.29. The Morgan fingerprint density at radius 3 is 2.60 bits per heavy atom. The van der Waals surface area contributed by atoms with Crippen LogP contribution in [0.2, 0.25) is 0 Å². The Labute approximate surface area is 118 Å². The van der Waals surface area contributed by atoms with Crippen LogP contribution in [-0.4, -0.2) is 11.9 Å². The highest BCUT2D eigenvalue weighted by molar-refractivity contribution is 5.40. The second-order valence-corrected chi connectivity index (χ2v) is 4.88. The van der Waals surface area contributed by atoms with Gasteiger partial charge in [0.2, 0.25) is 0 Å². The van der Waals surface area contributed by atoms with Gasteiger partial charge in [0.05, 0.1) is 11.6 Å². The summed E-state index contributed by atoms with van der Waals surface area (Å²) in [5.74, 6) is -0.378. The molecule has 0 spiro atoms. The van der Waals surface area contributed by atoms with E-state index in [1.165, 1.54) is 12.1 Å². The lowest BCUT2D eigenvalue weighted by atomic mass is 10.1. The minimum absolute atomic E-state index is 0.345. The van der Waals surface area contributed by atoms with Crippen molar-refractivity contribution >= 4 is 5.69 Å². The van der Waals surface area contributed by atoms with Gasteiger partial charge in [-0.05, 0) is 48.5 Å². The van der Waals surface area contributed by atoms with Crippen LogP contribution in [0.4, 0.5) is 10.1 Å². The van der Waals surface area contributed by atoms with Crippen molar-refractivity contribution in [2.45, 2.75) is 13.1 Å². The maximum Gasteiger partial charge on any atom is 0.124 e. The number of hydrogen-bond donors (Lipinski definition) is 1. The standard InChI is InChI=1S/C16H16FN3/c1-20(10-12-3-2-4-16(19)8-12)11-14-5-13(9-18)6-15(17)7-14/h2-8H,10-11,19H2,1H3. The molecular formula is C16H16FN3. The molecule has 0 aromatic heterocycles. The molecule has 0 saturated heterocycles. The summed E-state index contributed by atoms with van der Waals surface area (Å²) in [6, 6.07) is 14.0. The molecule has 0 aliphatic rings. The average Bonchev–Trinajstić information content (AvgIpc) is 2.37. The zero-order valence-electron chi connectivity index (χ0n) is 11.3. The fourth-order valence-electron chi connectivity index (χ4n) is 2.18. The van der Waals surface area contributed by atoms with E-state index in [0.29, 0.717) is 18.7 Å². The zero-order chi connectivity index (χ0) is 14.5. The molecule has 2 aromatic rings. The molecule has 0 atom stereocenters. The fourth-order valence-corrected chi connectivity index (χ4v) is 2.18. The van der Waals surface area contributed by atoms with E-state index in [9.17, 15) is 4.39 Å². The molecule has 0 saturated carbocycles. The van der Waals surface area contributed by atoms with Gasteiger partial charge in [-0.3, -0.25) is 4.90 Å². The second kappa shape index (κ2) is 6.18. The number of nitriles is 1. The first-order chi connectivity index (χ1) is 9.56. The molecule has 0 bridgehead atoms. The van der Waals surface area contributed by atoms with E-state index in [-0.39, 0.29) is 5.82 Å². The number of anilines is 1. The van der Waals surface area contributed by atoms with Crippen LogP contribution in [0.25, 0.3) is 0 Å². The maximum absolute atomic E-state index is 13.4. The first-order valence-electron chi connectivity index (χ1n) is 6.29. The third kappa shape index (κ3) is 3.81. The Balaban J connectivity index is 2.06. The molecule has 4 heteroatoms. The highest BCUT2D eigenvalue weighted by Gasteiger charge is 2.05. The van der Waals surface area contributed by atoms with Crippen molar-refractivity contribution in [1.29, 1.82) is 5.26 Å². The number of nitrogen functional groups attached to an aromatic ring is 1. The van der Waals surface area contributed by atoms with Crippen LogP contribution in [0.3, 0.4) is 0 Å². The topological polar surface area (TPSA) is 53.0 Å². The average molecular weight is 269 g/mol. The van der Waals surface area contributed by atoms with Gasteiger partial charge in [-0.15, -0.1) is 0 Å². The van der Waals surface area contributed by atoms with Crippen LogP contribution in [0.15, 0.2) is 42.5 Å².